The van der Waals surface area contributed by atoms with Gasteiger partial charge in [0.25, 0.3) is 0 Å². The van der Waals surface area contributed by atoms with Crippen molar-refractivity contribution < 1.29 is 18.3 Å². The Labute approximate surface area is 95.7 Å². The summed E-state index contributed by atoms with van der Waals surface area (Å²) in [5, 5.41) is 0. The molecule has 2 aromatic rings. The maximum atomic E-state index is 13.2. The maximum Gasteiger partial charge on any atom is 0.168 e. The van der Waals surface area contributed by atoms with Gasteiger partial charge < -0.3 is 4.74 Å². The standard InChI is InChI=1S/C12H7F2NO2/c13-8-1-4-12(11(14)5-8)17-10-3-2-9(7-16)15-6-10/h1-7H. The first kappa shape index (κ1) is 11.2. The van der Waals surface area contributed by atoms with Crippen LogP contribution in [-0.2, 0) is 0 Å². The zero-order valence-electron chi connectivity index (χ0n) is 8.56. The zero-order valence-corrected chi connectivity index (χ0v) is 8.56. The number of pyridine rings is 1. The molecule has 5 heteroatoms. The molecule has 0 spiro atoms. The van der Waals surface area contributed by atoms with Crippen molar-refractivity contribution in [2.75, 3.05) is 0 Å². The Balaban J connectivity index is 2.22. The molecule has 1 aromatic carbocycles. The Hall–Kier alpha value is -2.30. The Morgan fingerprint density at radius 3 is 2.59 bits per heavy atom. The lowest BCUT2D eigenvalue weighted by atomic mass is 10.3. The van der Waals surface area contributed by atoms with Crippen molar-refractivity contribution in [3.63, 3.8) is 0 Å². The van der Waals surface area contributed by atoms with Gasteiger partial charge in [0.1, 0.15) is 17.3 Å². The van der Waals surface area contributed by atoms with Crippen LogP contribution in [0, 0.1) is 11.6 Å². The molecule has 0 radical (unpaired) electrons. The van der Waals surface area contributed by atoms with Crippen LogP contribution in [0.5, 0.6) is 11.5 Å². The second kappa shape index (κ2) is 4.69. The van der Waals surface area contributed by atoms with Gasteiger partial charge in [-0.1, -0.05) is 0 Å². The van der Waals surface area contributed by atoms with Gasteiger partial charge >= 0.3 is 0 Å². The Kier molecular flexibility index (Phi) is 3.09. The van der Waals surface area contributed by atoms with Gasteiger partial charge in [-0.25, -0.2) is 13.8 Å². The first-order valence-electron chi connectivity index (χ1n) is 4.73. The number of carbonyl (C=O) groups is 1. The lowest BCUT2D eigenvalue weighted by Gasteiger charge is -2.06. The first-order valence-corrected chi connectivity index (χ1v) is 4.73. The Bertz CT molecular complexity index is 541. The van der Waals surface area contributed by atoms with Crippen LogP contribution in [0.3, 0.4) is 0 Å². The molecule has 0 saturated carbocycles. The van der Waals surface area contributed by atoms with Crippen molar-refractivity contribution in [1.29, 1.82) is 0 Å². The fraction of sp³-hybridized carbons (Fsp3) is 0. The quantitative estimate of drug-likeness (QED) is 0.768. The van der Waals surface area contributed by atoms with Crippen molar-refractivity contribution >= 4 is 6.29 Å². The van der Waals surface area contributed by atoms with E-state index in [0.29, 0.717) is 6.29 Å². The van der Waals surface area contributed by atoms with E-state index in [4.69, 9.17) is 4.74 Å². The minimum absolute atomic E-state index is 0.105. The molecule has 0 saturated heterocycles. The summed E-state index contributed by atoms with van der Waals surface area (Å²) in [7, 11) is 0. The van der Waals surface area contributed by atoms with E-state index in [1.165, 1.54) is 24.4 Å². The third-order valence-corrected chi connectivity index (χ3v) is 2.00. The highest BCUT2D eigenvalue weighted by Gasteiger charge is 2.06. The topological polar surface area (TPSA) is 39.2 Å². The highest BCUT2D eigenvalue weighted by atomic mass is 19.1. The molecule has 0 unspecified atom stereocenters. The number of hydrogen-bond donors (Lipinski definition) is 0. The molecular weight excluding hydrogens is 228 g/mol. The van der Waals surface area contributed by atoms with Gasteiger partial charge in [0, 0.05) is 6.07 Å². The fourth-order valence-electron chi connectivity index (χ4n) is 1.21. The van der Waals surface area contributed by atoms with E-state index in [1.807, 2.05) is 0 Å². The molecule has 0 N–H and O–H groups in total. The number of aromatic nitrogens is 1. The smallest absolute Gasteiger partial charge is 0.168 e. The molecule has 1 aromatic heterocycles. The lowest BCUT2D eigenvalue weighted by molar-refractivity contribution is 0.111. The van der Waals surface area contributed by atoms with Crippen LogP contribution in [0.2, 0.25) is 0 Å². The van der Waals surface area contributed by atoms with Crippen LogP contribution >= 0.6 is 0 Å². The summed E-state index contributed by atoms with van der Waals surface area (Å²) in [5.41, 5.74) is 0.247. The number of aldehydes is 1. The monoisotopic (exact) mass is 235 g/mol. The number of ether oxygens (including phenoxy) is 1. The van der Waals surface area contributed by atoms with Crippen LogP contribution in [0.25, 0.3) is 0 Å². The predicted octanol–water partition coefficient (Wildman–Crippen LogP) is 2.96. The van der Waals surface area contributed by atoms with E-state index < -0.39 is 11.6 Å². The average molecular weight is 235 g/mol. The van der Waals surface area contributed by atoms with Gasteiger partial charge in [-0.2, -0.15) is 0 Å². The van der Waals surface area contributed by atoms with E-state index in [2.05, 4.69) is 4.98 Å². The Morgan fingerprint density at radius 2 is 2.00 bits per heavy atom. The van der Waals surface area contributed by atoms with E-state index in [1.54, 1.807) is 0 Å². The summed E-state index contributed by atoms with van der Waals surface area (Å²) in [5.74, 6) is -1.32. The summed E-state index contributed by atoms with van der Waals surface area (Å²) < 4.78 is 31.0. The summed E-state index contributed by atoms with van der Waals surface area (Å²) in [4.78, 5) is 14.1. The van der Waals surface area contributed by atoms with Crippen LogP contribution in [0.1, 0.15) is 10.5 Å². The summed E-state index contributed by atoms with van der Waals surface area (Å²) in [6.07, 6.45) is 1.87. The summed E-state index contributed by atoms with van der Waals surface area (Å²) >= 11 is 0. The van der Waals surface area contributed by atoms with Gasteiger partial charge in [-0.05, 0) is 24.3 Å². The first-order chi connectivity index (χ1) is 8.19. The minimum atomic E-state index is -0.801. The third-order valence-electron chi connectivity index (χ3n) is 2.00. The van der Waals surface area contributed by atoms with Crippen LogP contribution in [0.4, 0.5) is 8.78 Å². The molecule has 0 bridgehead atoms. The second-order valence-electron chi connectivity index (χ2n) is 3.21. The molecule has 86 valence electrons. The van der Waals surface area contributed by atoms with Crippen molar-refractivity contribution in [2.24, 2.45) is 0 Å². The third kappa shape index (κ3) is 2.63. The van der Waals surface area contributed by atoms with Gasteiger partial charge in [0.05, 0.1) is 6.20 Å². The highest BCUT2D eigenvalue weighted by Crippen LogP contribution is 2.24. The fourth-order valence-corrected chi connectivity index (χ4v) is 1.21. The maximum absolute atomic E-state index is 13.2. The zero-order chi connectivity index (χ0) is 12.3. The number of halogens is 2. The SMILES string of the molecule is O=Cc1ccc(Oc2ccc(F)cc2F)cn1. The van der Waals surface area contributed by atoms with Crippen molar-refractivity contribution in [2.45, 2.75) is 0 Å². The second-order valence-corrected chi connectivity index (χ2v) is 3.21. The number of benzene rings is 1. The average Bonchev–Trinajstić information content (AvgIpc) is 2.34. The molecule has 0 aliphatic carbocycles. The highest BCUT2D eigenvalue weighted by molar-refractivity contribution is 5.71. The van der Waals surface area contributed by atoms with Gasteiger partial charge in [0.2, 0.25) is 0 Å². The minimum Gasteiger partial charge on any atom is -0.453 e. The van der Waals surface area contributed by atoms with Crippen molar-refractivity contribution in [3.05, 3.63) is 53.9 Å². The molecule has 0 aliphatic rings. The van der Waals surface area contributed by atoms with Gasteiger partial charge in [-0.3, -0.25) is 4.79 Å². The molecule has 2 rings (SSSR count). The van der Waals surface area contributed by atoms with Crippen LogP contribution in [-0.4, -0.2) is 11.3 Å². The molecule has 3 nitrogen and oxygen atoms in total. The summed E-state index contributed by atoms with van der Waals surface area (Å²) in [6, 6.07) is 5.90. The van der Waals surface area contributed by atoms with Crippen LogP contribution < -0.4 is 4.74 Å². The molecule has 0 amide bonds. The van der Waals surface area contributed by atoms with Crippen LogP contribution in [0.15, 0.2) is 36.5 Å². The molecule has 1 heterocycles. The summed E-state index contributed by atoms with van der Waals surface area (Å²) in [6.45, 7) is 0. The molecule has 0 fully saturated rings. The van der Waals surface area contributed by atoms with Gasteiger partial charge in [0.15, 0.2) is 17.9 Å². The molecular formula is C12H7F2NO2. The number of hydrogen-bond acceptors (Lipinski definition) is 3. The number of carbonyl (C=O) groups excluding carboxylic acids is 1. The largest absolute Gasteiger partial charge is 0.453 e. The number of rotatable bonds is 3. The molecule has 17 heavy (non-hydrogen) atoms. The Morgan fingerprint density at radius 1 is 1.18 bits per heavy atom. The molecule has 0 atom stereocenters. The predicted molar refractivity (Wildman–Crippen MR) is 56.1 cm³/mol. The van der Waals surface area contributed by atoms with Crippen molar-refractivity contribution in [1.82, 2.24) is 4.98 Å². The van der Waals surface area contributed by atoms with E-state index in [9.17, 15) is 13.6 Å². The van der Waals surface area contributed by atoms with E-state index >= 15 is 0 Å². The van der Waals surface area contributed by atoms with E-state index in [0.717, 1.165) is 12.1 Å². The van der Waals surface area contributed by atoms with E-state index in [-0.39, 0.29) is 17.2 Å². The van der Waals surface area contributed by atoms with Gasteiger partial charge in [-0.15, -0.1) is 0 Å². The van der Waals surface area contributed by atoms with Crippen molar-refractivity contribution in [3.8, 4) is 11.5 Å². The lowest BCUT2D eigenvalue weighted by Crippen LogP contribution is -1.91. The number of nitrogens with zero attached hydrogens (tertiary/aromatic N) is 1. The molecule has 0 aliphatic heterocycles. The normalized spacial score (nSPS) is 10.0.